The highest BCUT2D eigenvalue weighted by Crippen LogP contribution is 2.36. The van der Waals surface area contributed by atoms with Crippen molar-refractivity contribution in [3.05, 3.63) is 43.6 Å². The van der Waals surface area contributed by atoms with Crippen molar-refractivity contribution in [2.45, 2.75) is 26.7 Å². The SMILES string of the molecule is CC(C)/C(=C/c1ccc(OCCCC(=O)O)c(Cl)c1Cl)[N+](=O)[O-]. The third kappa shape index (κ3) is 5.73. The van der Waals surface area contributed by atoms with Crippen LogP contribution in [0.15, 0.2) is 17.8 Å². The van der Waals surface area contributed by atoms with Gasteiger partial charge in [0.15, 0.2) is 0 Å². The Morgan fingerprint density at radius 1 is 1.39 bits per heavy atom. The smallest absolute Gasteiger partial charge is 0.303 e. The van der Waals surface area contributed by atoms with E-state index in [1.165, 1.54) is 6.08 Å². The van der Waals surface area contributed by atoms with Gasteiger partial charge in [-0.15, -0.1) is 0 Å². The molecule has 1 N–H and O–H groups in total. The van der Waals surface area contributed by atoms with Crippen LogP contribution in [0.5, 0.6) is 5.75 Å². The van der Waals surface area contributed by atoms with Crippen LogP contribution in [0, 0.1) is 16.0 Å². The Morgan fingerprint density at radius 3 is 2.57 bits per heavy atom. The number of ether oxygens (including phenoxy) is 1. The van der Waals surface area contributed by atoms with Crippen molar-refractivity contribution >= 4 is 35.2 Å². The van der Waals surface area contributed by atoms with E-state index in [2.05, 4.69) is 0 Å². The van der Waals surface area contributed by atoms with E-state index in [-0.39, 0.29) is 34.7 Å². The van der Waals surface area contributed by atoms with Crippen molar-refractivity contribution in [2.75, 3.05) is 6.61 Å². The number of allylic oxidation sites excluding steroid dienone is 1. The molecule has 1 aromatic carbocycles. The summed E-state index contributed by atoms with van der Waals surface area (Å²) in [4.78, 5) is 21.0. The molecule has 23 heavy (non-hydrogen) atoms. The van der Waals surface area contributed by atoms with Crippen LogP contribution in [0.3, 0.4) is 0 Å². The first-order valence-corrected chi connectivity index (χ1v) is 7.68. The molecule has 0 radical (unpaired) electrons. The van der Waals surface area contributed by atoms with Gasteiger partial charge in [0.25, 0.3) is 0 Å². The van der Waals surface area contributed by atoms with E-state index in [9.17, 15) is 14.9 Å². The summed E-state index contributed by atoms with van der Waals surface area (Å²) in [6.45, 7) is 3.61. The van der Waals surface area contributed by atoms with Crippen molar-refractivity contribution in [1.82, 2.24) is 0 Å². The Labute approximate surface area is 143 Å². The lowest BCUT2D eigenvalue weighted by atomic mass is 10.1. The van der Waals surface area contributed by atoms with E-state index in [1.807, 2.05) is 0 Å². The minimum atomic E-state index is -0.904. The third-order valence-electron chi connectivity index (χ3n) is 2.98. The van der Waals surface area contributed by atoms with Gasteiger partial charge in [0.1, 0.15) is 10.8 Å². The molecule has 0 amide bonds. The molecular weight excluding hydrogens is 345 g/mol. The number of hydrogen-bond donors (Lipinski definition) is 1. The minimum absolute atomic E-state index is 0.00719. The van der Waals surface area contributed by atoms with E-state index >= 15 is 0 Å². The van der Waals surface area contributed by atoms with Crippen molar-refractivity contribution in [2.24, 2.45) is 5.92 Å². The molecule has 0 aliphatic carbocycles. The number of halogens is 2. The molecule has 1 rings (SSSR count). The first-order valence-electron chi connectivity index (χ1n) is 6.92. The Kier molecular flexibility index (Phi) is 7.32. The molecule has 1 aromatic rings. The average molecular weight is 362 g/mol. The highest BCUT2D eigenvalue weighted by molar-refractivity contribution is 6.43. The molecule has 0 aromatic heterocycles. The zero-order chi connectivity index (χ0) is 17.6. The molecule has 0 saturated heterocycles. The maximum Gasteiger partial charge on any atom is 0.303 e. The number of nitrogens with zero attached hydrogens (tertiary/aromatic N) is 1. The van der Waals surface area contributed by atoms with Crippen LogP contribution in [0.4, 0.5) is 0 Å². The second kappa shape index (κ2) is 8.74. The summed E-state index contributed by atoms with van der Waals surface area (Å²) in [5.41, 5.74) is 0.452. The Bertz CT molecular complexity index is 629. The zero-order valence-electron chi connectivity index (χ0n) is 12.7. The van der Waals surface area contributed by atoms with Crippen molar-refractivity contribution in [3.63, 3.8) is 0 Å². The Hall–Kier alpha value is -1.79. The summed E-state index contributed by atoms with van der Waals surface area (Å²) < 4.78 is 5.39. The molecule has 0 fully saturated rings. The maximum atomic E-state index is 11.0. The quantitative estimate of drug-likeness (QED) is 0.417. The third-order valence-corrected chi connectivity index (χ3v) is 3.85. The van der Waals surface area contributed by atoms with Gasteiger partial charge in [-0.3, -0.25) is 14.9 Å². The molecule has 0 aliphatic heterocycles. The molecule has 0 unspecified atom stereocenters. The summed E-state index contributed by atoms with van der Waals surface area (Å²) >= 11 is 12.3. The van der Waals surface area contributed by atoms with Gasteiger partial charge in [0.2, 0.25) is 5.70 Å². The molecule has 6 nitrogen and oxygen atoms in total. The molecule has 0 heterocycles. The molecule has 0 spiro atoms. The van der Waals surface area contributed by atoms with Crippen LogP contribution in [0.2, 0.25) is 10.0 Å². The predicted octanol–water partition coefficient (Wildman–Crippen LogP) is 4.51. The van der Waals surface area contributed by atoms with Crippen LogP contribution in [0.1, 0.15) is 32.3 Å². The lowest BCUT2D eigenvalue weighted by Gasteiger charge is -2.10. The zero-order valence-corrected chi connectivity index (χ0v) is 14.2. The van der Waals surface area contributed by atoms with Gasteiger partial charge in [0.05, 0.1) is 16.6 Å². The topological polar surface area (TPSA) is 89.7 Å². The molecule has 8 heteroatoms. The number of nitro groups is 1. The number of carboxylic acids is 1. The Balaban J connectivity index is 2.95. The molecule has 126 valence electrons. The number of hydrogen-bond acceptors (Lipinski definition) is 4. The number of carbonyl (C=O) groups is 1. The van der Waals surface area contributed by atoms with Gasteiger partial charge in [-0.25, -0.2) is 0 Å². The van der Waals surface area contributed by atoms with Gasteiger partial charge >= 0.3 is 5.97 Å². The molecule has 0 saturated carbocycles. The summed E-state index contributed by atoms with van der Waals surface area (Å²) in [5, 5.41) is 19.9. The van der Waals surface area contributed by atoms with E-state index in [0.717, 1.165) is 0 Å². The summed E-state index contributed by atoms with van der Waals surface area (Å²) in [6, 6.07) is 3.13. The molecular formula is C15H17Cl2NO5. The van der Waals surface area contributed by atoms with Gasteiger partial charge in [-0.05, 0) is 18.6 Å². The first-order chi connectivity index (χ1) is 10.7. The second-order valence-electron chi connectivity index (χ2n) is 5.11. The lowest BCUT2D eigenvalue weighted by Crippen LogP contribution is -2.05. The molecule has 0 bridgehead atoms. The number of rotatable bonds is 8. The second-order valence-corrected chi connectivity index (χ2v) is 5.86. The fraction of sp³-hybridized carbons (Fsp3) is 0.400. The van der Waals surface area contributed by atoms with Crippen LogP contribution in [0.25, 0.3) is 6.08 Å². The van der Waals surface area contributed by atoms with E-state index in [0.29, 0.717) is 17.7 Å². The normalized spacial score (nSPS) is 11.6. The van der Waals surface area contributed by atoms with Gasteiger partial charge in [-0.1, -0.05) is 37.0 Å². The number of carboxylic acid groups (broad SMARTS) is 1. The fourth-order valence-electron chi connectivity index (χ4n) is 1.76. The summed E-state index contributed by atoms with van der Waals surface area (Å²) in [6.07, 6.45) is 1.71. The fourth-order valence-corrected chi connectivity index (χ4v) is 2.20. The van der Waals surface area contributed by atoms with E-state index in [1.54, 1.807) is 26.0 Å². The lowest BCUT2D eigenvalue weighted by molar-refractivity contribution is -0.431. The van der Waals surface area contributed by atoms with Gasteiger partial charge in [0, 0.05) is 24.0 Å². The highest BCUT2D eigenvalue weighted by atomic mass is 35.5. The van der Waals surface area contributed by atoms with Crippen molar-refractivity contribution in [1.29, 1.82) is 0 Å². The molecule has 0 atom stereocenters. The average Bonchev–Trinajstić information content (AvgIpc) is 2.45. The largest absolute Gasteiger partial charge is 0.492 e. The Morgan fingerprint density at radius 2 is 2.04 bits per heavy atom. The number of benzene rings is 1. The standard InChI is InChI=1S/C15H17Cl2NO5/c1-9(2)11(18(21)22)8-10-5-6-12(15(17)14(10)16)23-7-3-4-13(19)20/h5-6,8-9H,3-4,7H2,1-2H3,(H,19,20)/b11-8-. The van der Waals surface area contributed by atoms with Crippen molar-refractivity contribution in [3.8, 4) is 5.75 Å². The van der Waals surface area contributed by atoms with Gasteiger partial charge < -0.3 is 9.84 Å². The van der Waals surface area contributed by atoms with Gasteiger partial charge in [-0.2, -0.15) is 0 Å². The van der Waals surface area contributed by atoms with E-state index in [4.69, 9.17) is 33.0 Å². The van der Waals surface area contributed by atoms with Crippen LogP contribution in [-0.2, 0) is 4.79 Å². The maximum absolute atomic E-state index is 11.0. The van der Waals surface area contributed by atoms with Crippen LogP contribution in [-0.4, -0.2) is 22.6 Å². The van der Waals surface area contributed by atoms with Crippen LogP contribution >= 0.6 is 23.2 Å². The number of aliphatic carboxylic acids is 1. The molecule has 0 aliphatic rings. The summed E-state index contributed by atoms with van der Waals surface area (Å²) in [7, 11) is 0. The van der Waals surface area contributed by atoms with Crippen LogP contribution < -0.4 is 4.74 Å². The van der Waals surface area contributed by atoms with Crippen molar-refractivity contribution < 1.29 is 19.6 Å². The predicted molar refractivity (Wildman–Crippen MR) is 88.6 cm³/mol. The minimum Gasteiger partial charge on any atom is -0.492 e. The van der Waals surface area contributed by atoms with E-state index < -0.39 is 10.9 Å². The monoisotopic (exact) mass is 361 g/mol. The highest BCUT2D eigenvalue weighted by Gasteiger charge is 2.18. The summed E-state index contributed by atoms with van der Waals surface area (Å²) in [5.74, 6) is -0.864. The first kappa shape index (κ1) is 19.3.